The first-order valence-corrected chi connectivity index (χ1v) is 13.0. The molecular formula is C19H24N2O7S2. The smallest absolute Gasteiger partial charge is 0.289 e. The van der Waals surface area contributed by atoms with Crippen LogP contribution < -0.4 is 4.74 Å². The zero-order valence-corrected chi connectivity index (χ0v) is 18.5. The van der Waals surface area contributed by atoms with Gasteiger partial charge in [0.05, 0.1) is 23.9 Å². The van der Waals surface area contributed by atoms with E-state index < -0.39 is 25.1 Å². The second kappa shape index (κ2) is 7.54. The zero-order valence-electron chi connectivity index (χ0n) is 16.8. The van der Waals surface area contributed by atoms with Gasteiger partial charge in [-0.1, -0.05) is 0 Å². The van der Waals surface area contributed by atoms with Crippen LogP contribution in [0.3, 0.4) is 0 Å². The van der Waals surface area contributed by atoms with E-state index in [-0.39, 0.29) is 55.8 Å². The van der Waals surface area contributed by atoms with Gasteiger partial charge >= 0.3 is 0 Å². The fraction of sp³-hybridized carbons (Fsp3) is 0.526. The molecule has 2 saturated heterocycles. The van der Waals surface area contributed by atoms with Gasteiger partial charge in [-0.15, -0.1) is 0 Å². The van der Waals surface area contributed by atoms with Crippen LogP contribution in [-0.4, -0.2) is 82.0 Å². The maximum atomic E-state index is 13.0. The summed E-state index contributed by atoms with van der Waals surface area (Å²) in [5.74, 6) is 0.194. The molecule has 11 heteroatoms. The number of ether oxygens (including phenoxy) is 1. The van der Waals surface area contributed by atoms with E-state index in [9.17, 15) is 21.6 Å². The van der Waals surface area contributed by atoms with Crippen LogP contribution in [0.15, 0.2) is 22.6 Å². The van der Waals surface area contributed by atoms with Crippen molar-refractivity contribution in [1.29, 1.82) is 0 Å². The van der Waals surface area contributed by atoms with Crippen molar-refractivity contribution < 1.29 is 30.8 Å². The van der Waals surface area contributed by atoms with Crippen molar-refractivity contribution in [2.24, 2.45) is 0 Å². The molecule has 0 saturated carbocycles. The lowest BCUT2D eigenvalue weighted by atomic mass is 10.1. The van der Waals surface area contributed by atoms with Gasteiger partial charge in [0.1, 0.15) is 11.3 Å². The Morgan fingerprint density at radius 3 is 2.50 bits per heavy atom. The monoisotopic (exact) mass is 456 g/mol. The largest absolute Gasteiger partial charge is 0.497 e. The predicted octanol–water partition coefficient (Wildman–Crippen LogP) is 1.02. The van der Waals surface area contributed by atoms with Crippen LogP contribution in [-0.2, 0) is 19.9 Å². The summed E-state index contributed by atoms with van der Waals surface area (Å²) in [7, 11) is -5.43. The molecule has 0 N–H and O–H groups in total. The minimum atomic E-state index is -3.70. The van der Waals surface area contributed by atoms with Crippen molar-refractivity contribution in [2.75, 3.05) is 44.8 Å². The molecule has 2 aliphatic heterocycles. The Hall–Kier alpha value is -2.11. The third kappa shape index (κ3) is 3.69. The predicted molar refractivity (Wildman–Crippen MR) is 111 cm³/mol. The SMILES string of the molecule is COc1ccc2oc(C(=O)N3CCN(S(=O)(=O)C4CCS(=O)(=O)C4)CC3)c(C)c2c1. The second-order valence-electron chi connectivity index (χ2n) is 7.68. The summed E-state index contributed by atoms with van der Waals surface area (Å²) in [5, 5.41) is -0.0984. The zero-order chi connectivity index (χ0) is 21.7. The number of sulfone groups is 1. The van der Waals surface area contributed by atoms with Gasteiger partial charge in [-0.25, -0.2) is 16.8 Å². The van der Waals surface area contributed by atoms with Gasteiger partial charge in [0.15, 0.2) is 15.6 Å². The van der Waals surface area contributed by atoms with E-state index in [4.69, 9.17) is 9.15 Å². The first-order chi connectivity index (χ1) is 14.1. The summed E-state index contributed by atoms with van der Waals surface area (Å²) < 4.78 is 61.2. The molecule has 1 atom stereocenters. The summed E-state index contributed by atoms with van der Waals surface area (Å²) in [4.78, 5) is 14.6. The number of hydrogen-bond donors (Lipinski definition) is 0. The fourth-order valence-corrected chi connectivity index (χ4v) is 8.54. The highest BCUT2D eigenvalue weighted by atomic mass is 32.2. The molecule has 9 nitrogen and oxygen atoms in total. The van der Waals surface area contributed by atoms with E-state index in [1.807, 2.05) is 6.07 Å². The number of fused-ring (bicyclic) bond motifs is 1. The number of rotatable bonds is 4. The molecule has 0 aliphatic carbocycles. The van der Waals surface area contributed by atoms with Gasteiger partial charge in [-0.05, 0) is 31.5 Å². The molecule has 0 radical (unpaired) electrons. The van der Waals surface area contributed by atoms with Crippen molar-refractivity contribution >= 4 is 36.7 Å². The van der Waals surface area contributed by atoms with Crippen LogP contribution in [0.5, 0.6) is 5.75 Å². The number of hydrogen-bond acceptors (Lipinski definition) is 7. The number of aryl methyl sites for hydroxylation is 1. The highest BCUT2D eigenvalue weighted by Gasteiger charge is 2.41. The molecule has 0 spiro atoms. The summed E-state index contributed by atoms with van der Waals surface area (Å²) in [6.07, 6.45) is 0.130. The van der Waals surface area contributed by atoms with Gasteiger partial charge in [-0.2, -0.15) is 4.31 Å². The summed E-state index contributed by atoms with van der Waals surface area (Å²) in [5.41, 5.74) is 1.29. The summed E-state index contributed by atoms with van der Waals surface area (Å²) in [6.45, 7) is 2.52. The number of carbonyl (C=O) groups is 1. The van der Waals surface area contributed by atoms with Crippen molar-refractivity contribution in [2.45, 2.75) is 18.6 Å². The molecule has 1 aromatic heterocycles. The van der Waals surface area contributed by atoms with Gasteiger partial charge in [0, 0.05) is 37.1 Å². The Bertz CT molecular complexity index is 1190. The topological polar surface area (TPSA) is 114 Å². The maximum absolute atomic E-state index is 13.0. The molecular weight excluding hydrogens is 432 g/mol. The van der Waals surface area contributed by atoms with Crippen molar-refractivity contribution in [3.05, 3.63) is 29.5 Å². The summed E-state index contributed by atoms with van der Waals surface area (Å²) >= 11 is 0. The number of amides is 1. The van der Waals surface area contributed by atoms with Crippen LogP contribution in [0.2, 0.25) is 0 Å². The van der Waals surface area contributed by atoms with Gasteiger partial charge in [-0.3, -0.25) is 4.79 Å². The van der Waals surface area contributed by atoms with Crippen LogP contribution in [0.1, 0.15) is 22.5 Å². The number of benzene rings is 1. The first kappa shape index (κ1) is 21.1. The second-order valence-corrected chi connectivity index (χ2v) is 12.1. The van der Waals surface area contributed by atoms with E-state index in [0.717, 1.165) is 5.39 Å². The van der Waals surface area contributed by atoms with E-state index in [2.05, 4.69) is 0 Å². The molecule has 1 unspecified atom stereocenters. The fourth-order valence-electron chi connectivity index (χ4n) is 4.03. The Balaban J connectivity index is 1.47. The van der Waals surface area contributed by atoms with E-state index >= 15 is 0 Å². The van der Waals surface area contributed by atoms with Crippen LogP contribution >= 0.6 is 0 Å². The van der Waals surface area contributed by atoms with Crippen molar-refractivity contribution in [3.8, 4) is 5.75 Å². The van der Waals surface area contributed by atoms with E-state index in [1.54, 1.807) is 31.1 Å². The molecule has 0 bridgehead atoms. The minimum Gasteiger partial charge on any atom is -0.497 e. The minimum absolute atomic E-state index is 0.0918. The number of sulfonamides is 1. The molecule has 30 heavy (non-hydrogen) atoms. The van der Waals surface area contributed by atoms with E-state index in [1.165, 1.54) is 4.31 Å². The Kier molecular flexibility index (Phi) is 5.31. The van der Waals surface area contributed by atoms with Crippen LogP contribution in [0.4, 0.5) is 0 Å². The molecule has 2 aliphatic rings. The first-order valence-electron chi connectivity index (χ1n) is 9.68. The summed E-state index contributed by atoms with van der Waals surface area (Å²) in [6, 6.07) is 5.32. The molecule has 2 aromatic rings. The van der Waals surface area contributed by atoms with Crippen molar-refractivity contribution in [3.63, 3.8) is 0 Å². The Labute approximate surface area is 175 Å². The molecule has 164 valence electrons. The average molecular weight is 457 g/mol. The highest BCUT2D eigenvalue weighted by Crippen LogP contribution is 2.30. The maximum Gasteiger partial charge on any atom is 0.289 e. The Morgan fingerprint density at radius 1 is 1.20 bits per heavy atom. The average Bonchev–Trinajstić information content (AvgIpc) is 3.27. The van der Waals surface area contributed by atoms with Crippen LogP contribution in [0, 0.1) is 6.92 Å². The molecule has 1 aromatic carbocycles. The molecule has 2 fully saturated rings. The lowest BCUT2D eigenvalue weighted by Gasteiger charge is -2.34. The number of methoxy groups -OCH3 is 1. The Morgan fingerprint density at radius 2 is 1.90 bits per heavy atom. The number of furan rings is 1. The molecule has 1 amide bonds. The number of piperazine rings is 1. The van der Waals surface area contributed by atoms with E-state index in [0.29, 0.717) is 16.9 Å². The normalized spacial score (nSPS) is 22.5. The third-order valence-electron chi connectivity index (χ3n) is 5.84. The highest BCUT2D eigenvalue weighted by molar-refractivity contribution is 7.95. The third-order valence-corrected chi connectivity index (χ3v) is 10.1. The van der Waals surface area contributed by atoms with Crippen molar-refractivity contribution in [1.82, 2.24) is 9.21 Å². The molecule has 3 heterocycles. The lowest BCUT2D eigenvalue weighted by molar-refractivity contribution is 0.0667. The number of carbonyl (C=O) groups excluding carboxylic acids is 1. The van der Waals surface area contributed by atoms with Crippen LogP contribution in [0.25, 0.3) is 11.0 Å². The van der Waals surface area contributed by atoms with Gasteiger partial charge in [0.2, 0.25) is 10.0 Å². The quantitative estimate of drug-likeness (QED) is 0.675. The number of nitrogens with zero attached hydrogens (tertiary/aromatic N) is 2. The van der Waals surface area contributed by atoms with Gasteiger partial charge < -0.3 is 14.1 Å². The van der Waals surface area contributed by atoms with Gasteiger partial charge in [0.25, 0.3) is 5.91 Å². The standard InChI is InChI=1S/C19H24N2O7S2/c1-13-16-11-14(27-2)3-4-17(16)28-18(13)19(22)20-6-8-21(9-7-20)30(25,26)15-5-10-29(23,24)12-15/h3-4,11,15H,5-10,12H2,1-2H3. The lowest BCUT2D eigenvalue weighted by Crippen LogP contribution is -2.52. The molecule has 4 rings (SSSR count).